The molecule has 3 rings (SSSR count). The van der Waals surface area contributed by atoms with Crippen LogP contribution in [-0.4, -0.2) is 19.9 Å². The molecule has 2 aliphatic carbocycles. The van der Waals surface area contributed by atoms with Gasteiger partial charge in [-0.05, 0) is 24.7 Å². The predicted octanol–water partition coefficient (Wildman–Crippen LogP) is 1.62. The molecule has 1 unspecified atom stereocenters. The molecule has 1 aromatic heterocycles. The van der Waals surface area contributed by atoms with Gasteiger partial charge < -0.3 is 9.67 Å². The highest BCUT2D eigenvalue weighted by Crippen LogP contribution is 2.59. The molecule has 4 nitrogen and oxygen atoms in total. The van der Waals surface area contributed by atoms with Crippen molar-refractivity contribution in [3.05, 3.63) is 11.6 Å². The number of rotatable bonds is 3. The highest BCUT2D eigenvalue weighted by molar-refractivity contribution is 5.18. The van der Waals surface area contributed by atoms with Gasteiger partial charge in [-0.3, -0.25) is 0 Å². The molecule has 15 heavy (non-hydrogen) atoms. The van der Waals surface area contributed by atoms with Crippen LogP contribution < -0.4 is 0 Å². The third-order valence-corrected chi connectivity index (χ3v) is 3.67. The second-order valence-corrected chi connectivity index (χ2v) is 5.48. The summed E-state index contributed by atoms with van der Waals surface area (Å²) in [6, 6.07) is 0.563. The van der Waals surface area contributed by atoms with Crippen molar-refractivity contribution >= 4 is 0 Å². The van der Waals surface area contributed by atoms with E-state index >= 15 is 0 Å². The van der Waals surface area contributed by atoms with Gasteiger partial charge in [0.25, 0.3) is 0 Å². The number of aliphatic hydroxyl groups is 1. The maximum atomic E-state index is 9.22. The van der Waals surface area contributed by atoms with Gasteiger partial charge in [-0.25, -0.2) is 0 Å². The monoisotopic (exact) mass is 207 g/mol. The Kier molecular flexibility index (Phi) is 1.75. The van der Waals surface area contributed by atoms with E-state index in [0.29, 0.717) is 17.4 Å². The van der Waals surface area contributed by atoms with Crippen molar-refractivity contribution in [3.63, 3.8) is 0 Å². The maximum Gasteiger partial charge on any atom is 0.159 e. The maximum absolute atomic E-state index is 9.22. The predicted molar refractivity (Wildman–Crippen MR) is 55.4 cm³/mol. The summed E-state index contributed by atoms with van der Waals surface area (Å²) in [5.41, 5.74) is 0.381. The summed E-state index contributed by atoms with van der Waals surface area (Å²) in [5, 5.41) is 17.6. The van der Waals surface area contributed by atoms with Crippen LogP contribution in [0.3, 0.4) is 0 Å². The molecule has 0 radical (unpaired) electrons. The number of aromatic nitrogens is 3. The quantitative estimate of drug-likeness (QED) is 0.819. The summed E-state index contributed by atoms with van der Waals surface area (Å²) in [5.74, 6) is 2.40. The third-order valence-electron chi connectivity index (χ3n) is 3.67. The van der Waals surface area contributed by atoms with Crippen molar-refractivity contribution in [2.45, 2.75) is 51.7 Å². The minimum absolute atomic E-state index is 0.0106. The molecule has 2 saturated carbocycles. The average Bonchev–Trinajstić information content (AvgIpc) is 3.08. The molecule has 0 aliphatic heterocycles. The average molecular weight is 207 g/mol. The van der Waals surface area contributed by atoms with E-state index in [1.54, 1.807) is 0 Å². The number of aliphatic hydroxyl groups excluding tert-OH is 1. The lowest BCUT2D eigenvalue weighted by atomic mass is 10.1. The first-order chi connectivity index (χ1) is 7.13. The molecule has 4 heteroatoms. The molecule has 1 heterocycles. The fraction of sp³-hybridized carbons (Fsp3) is 0.818. The lowest BCUT2D eigenvalue weighted by molar-refractivity contribution is 0.264. The van der Waals surface area contributed by atoms with Crippen LogP contribution in [0.1, 0.15) is 56.7 Å². The van der Waals surface area contributed by atoms with Gasteiger partial charge in [-0.15, -0.1) is 10.2 Å². The summed E-state index contributed by atoms with van der Waals surface area (Å²) < 4.78 is 2.18. The van der Waals surface area contributed by atoms with Gasteiger partial charge in [0.15, 0.2) is 5.82 Å². The van der Waals surface area contributed by atoms with Crippen molar-refractivity contribution < 1.29 is 5.11 Å². The molecular weight excluding hydrogens is 190 g/mol. The molecule has 0 saturated heterocycles. The van der Waals surface area contributed by atoms with Gasteiger partial charge in [-0.1, -0.05) is 13.8 Å². The van der Waals surface area contributed by atoms with Gasteiger partial charge in [0.05, 0.1) is 0 Å². The summed E-state index contributed by atoms with van der Waals surface area (Å²) >= 11 is 0. The minimum atomic E-state index is 0.0106. The van der Waals surface area contributed by atoms with E-state index in [-0.39, 0.29) is 6.61 Å². The van der Waals surface area contributed by atoms with E-state index in [1.807, 2.05) is 0 Å². The zero-order chi connectivity index (χ0) is 10.6. The zero-order valence-electron chi connectivity index (χ0n) is 9.27. The van der Waals surface area contributed by atoms with Crippen LogP contribution in [0.4, 0.5) is 0 Å². The second-order valence-electron chi connectivity index (χ2n) is 5.48. The van der Waals surface area contributed by atoms with Crippen LogP contribution in [0.5, 0.6) is 0 Å². The first-order valence-electron chi connectivity index (χ1n) is 5.68. The highest BCUT2D eigenvalue weighted by Gasteiger charge is 2.50. The Hall–Kier alpha value is -0.900. The normalized spacial score (nSPS) is 28.1. The molecular formula is C11H17N3O. The van der Waals surface area contributed by atoms with Crippen LogP contribution in [0, 0.1) is 5.41 Å². The van der Waals surface area contributed by atoms with Gasteiger partial charge in [0.1, 0.15) is 12.4 Å². The number of hydrogen-bond acceptors (Lipinski definition) is 3. The van der Waals surface area contributed by atoms with Crippen LogP contribution in [0.15, 0.2) is 0 Å². The molecule has 1 aromatic rings. The van der Waals surface area contributed by atoms with Crippen molar-refractivity contribution in [3.8, 4) is 0 Å². The molecule has 82 valence electrons. The molecule has 0 amide bonds. The lowest BCUT2D eigenvalue weighted by Gasteiger charge is -2.08. The molecule has 0 bridgehead atoms. The Labute approximate surface area is 89.3 Å². The summed E-state index contributed by atoms with van der Waals surface area (Å²) in [6.45, 7) is 4.54. The fourth-order valence-electron chi connectivity index (χ4n) is 2.32. The fourth-order valence-corrected chi connectivity index (χ4v) is 2.32. The zero-order valence-corrected chi connectivity index (χ0v) is 9.27. The molecule has 0 spiro atoms. The van der Waals surface area contributed by atoms with Crippen molar-refractivity contribution in [1.82, 2.24) is 14.8 Å². The summed E-state index contributed by atoms with van der Waals surface area (Å²) in [6.07, 6.45) is 3.62. The standard InChI is InChI=1S/C11H17N3O/c1-11(2)5-8(11)10-13-12-9(6-15)14(10)7-3-4-7/h7-8,15H,3-6H2,1-2H3. The molecule has 0 aromatic carbocycles. The van der Waals surface area contributed by atoms with E-state index in [2.05, 4.69) is 28.6 Å². The Balaban J connectivity index is 1.97. The van der Waals surface area contributed by atoms with E-state index in [1.165, 1.54) is 19.3 Å². The van der Waals surface area contributed by atoms with E-state index in [0.717, 1.165) is 11.6 Å². The Morgan fingerprint density at radius 2 is 2.07 bits per heavy atom. The van der Waals surface area contributed by atoms with Crippen molar-refractivity contribution in [1.29, 1.82) is 0 Å². The number of nitrogens with zero attached hydrogens (tertiary/aromatic N) is 3. The Morgan fingerprint density at radius 3 is 2.53 bits per heavy atom. The van der Waals surface area contributed by atoms with Gasteiger partial charge in [-0.2, -0.15) is 0 Å². The second kappa shape index (κ2) is 2.82. The summed E-state index contributed by atoms with van der Waals surface area (Å²) in [4.78, 5) is 0. The van der Waals surface area contributed by atoms with E-state index in [9.17, 15) is 5.11 Å². The third kappa shape index (κ3) is 1.39. The highest BCUT2D eigenvalue weighted by atomic mass is 16.3. The smallest absolute Gasteiger partial charge is 0.159 e. The molecule has 1 atom stereocenters. The largest absolute Gasteiger partial charge is 0.388 e. The van der Waals surface area contributed by atoms with Gasteiger partial charge >= 0.3 is 0 Å². The minimum Gasteiger partial charge on any atom is -0.388 e. The first-order valence-corrected chi connectivity index (χ1v) is 5.68. The van der Waals surface area contributed by atoms with E-state index < -0.39 is 0 Å². The van der Waals surface area contributed by atoms with Gasteiger partial charge in [0.2, 0.25) is 0 Å². The van der Waals surface area contributed by atoms with E-state index in [4.69, 9.17) is 0 Å². The van der Waals surface area contributed by atoms with Crippen LogP contribution >= 0.6 is 0 Å². The molecule has 2 aliphatic rings. The molecule has 1 N–H and O–H groups in total. The Morgan fingerprint density at radius 1 is 1.40 bits per heavy atom. The topological polar surface area (TPSA) is 50.9 Å². The van der Waals surface area contributed by atoms with Crippen molar-refractivity contribution in [2.24, 2.45) is 5.41 Å². The Bertz CT molecular complexity index is 393. The first kappa shape index (κ1) is 9.33. The molecule has 2 fully saturated rings. The number of hydrogen-bond donors (Lipinski definition) is 1. The van der Waals surface area contributed by atoms with Crippen LogP contribution in [0.25, 0.3) is 0 Å². The van der Waals surface area contributed by atoms with Crippen LogP contribution in [-0.2, 0) is 6.61 Å². The SMILES string of the molecule is CC1(C)CC1c1nnc(CO)n1C1CC1. The summed E-state index contributed by atoms with van der Waals surface area (Å²) in [7, 11) is 0. The lowest BCUT2D eigenvalue weighted by Crippen LogP contribution is -2.06. The van der Waals surface area contributed by atoms with Crippen molar-refractivity contribution in [2.75, 3.05) is 0 Å². The van der Waals surface area contributed by atoms with Gasteiger partial charge in [0, 0.05) is 12.0 Å². The van der Waals surface area contributed by atoms with Crippen LogP contribution in [0.2, 0.25) is 0 Å².